The summed E-state index contributed by atoms with van der Waals surface area (Å²) in [4.78, 5) is 6.41. The lowest BCUT2D eigenvalue weighted by atomic mass is 9.85. The highest BCUT2D eigenvalue weighted by Crippen LogP contribution is 2.20. The second-order valence-electron chi connectivity index (χ2n) is 4.98. The molecule has 3 aromatic rings. The Labute approximate surface area is 123 Å². The van der Waals surface area contributed by atoms with E-state index in [1.807, 2.05) is 31.3 Å². The van der Waals surface area contributed by atoms with Crippen LogP contribution in [0.3, 0.4) is 0 Å². The van der Waals surface area contributed by atoms with Crippen LogP contribution in [0.15, 0.2) is 54.9 Å². The fraction of sp³-hybridized carbons (Fsp3) is 0.133. The third-order valence-corrected chi connectivity index (χ3v) is 3.50. The fourth-order valence-electron chi connectivity index (χ4n) is 2.47. The average molecular weight is 281 g/mol. The molecule has 0 aliphatic carbocycles. The van der Waals surface area contributed by atoms with Crippen molar-refractivity contribution >= 4 is 24.0 Å². The second kappa shape index (κ2) is 5.59. The molecular weight excluding hydrogens is 265 g/mol. The quantitative estimate of drug-likeness (QED) is 0.689. The third-order valence-electron chi connectivity index (χ3n) is 3.50. The van der Waals surface area contributed by atoms with Crippen LogP contribution >= 0.6 is 0 Å². The molecule has 2 aromatic heterocycles. The van der Waals surface area contributed by atoms with Gasteiger partial charge in [-0.15, -0.1) is 0 Å². The molecule has 0 atom stereocenters. The topological polar surface area (TPSA) is 61.0 Å². The lowest BCUT2D eigenvalue weighted by Gasteiger charge is -2.21. The first-order valence-electron chi connectivity index (χ1n) is 6.74. The summed E-state index contributed by atoms with van der Waals surface area (Å²) >= 11 is 0. The number of benzene rings is 1. The van der Waals surface area contributed by atoms with Crippen LogP contribution in [0.5, 0.6) is 0 Å². The Morgan fingerprint density at radius 2 is 1.90 bits per heavy atom. The summed E-state index contributed by atoms with van der Waals surface area (Å²) in [5.41, 5.74) is 3.25. The van der Waals surface area contributed by atoms with E-state index in [9.17, 15) is 10.0 Å². The zero-order valence-corrected chi connectivity index (χ0v) is 11.7. The maximum atomic E-state index is 9.40. The third kappa shape index (κ3) is 2.63. The number of hydrogen-bond donors (Lipinski definition) is 2. The molecule has 0 fully saturated rings. The Balaban J connectivity index is 1.97. The molecule has 0 aliphatic heterocycles. The van der Waals surface area contributed by atoms with Crippen LogP contribution in [0.2, 0.25) is 0 Å². The van der Waals surface area contributed by atoms with E-state index in [0.29, 0.717) is 11.2 Å². The molecule has 0 saturated carbocycles. The van der Waals surface area contributed by atoms with Gasteiger partial charge in [0.1, 0.15) is 0 Å². The van der Waals surface area contributed by atoms with E-state index < -0.39 is 7.12 Å². The zero-order chi connectivity index (χ0) is 14.8. The number of rotatable bonds is 4. The average Bonchev–Trinajstić information content (AvgIpc) is 2.96. The molecule has 106 valence electrons. The van der Waals surface area contributed by atoms with Gasteiger partial charge in [0.05, 0.1) is 11.3 Å². The van der Waals surface area contributed by atoms with E-state index in [4.69, 9.17) is 0 Å². The van der Waals surface area contributed by atoms with E-state index in [2.05, 4.69) is 22.0 Å². The van der Waals surface area contributed by atoms with Crippen LogP contribution in [-0.4, -0.2) is 33.6 Å². The molecule has 2 heterocycles. The van der Waals surface area contributed by atoms with Gasteiger partial charge in [-0.25, -0.2) is 4.98 Å². The molecule has 0 saturated heterocycles. The van der Waals surface area contributed by atoms with E-state index in [0.717, 1.165) is 12.2 Å². The first-order chi connectivity index (χ1) is 10.2. The molecule has 21 heavy (non-hydrogen) atoms. The summed E-state index contributed by atoms with van der Waals surface area (Å²) in [6, 6.07) is 13.7. The SMILES string of the molecule is CN(Cc1ccccc1)c1ccc(B(O)O)n2ccnc12. The number of pyridine rings is 1. The van der Waals surface area contributed by atoms with Gasteiger partial charge in [0.15, 0.2) is 5.65 Å². The van der Waals surface area contributed by atoms with Crippen molar-refractivity contribution in [3.05, 3.63) is 60.4 Å². The fourth-order valence-corrected chi connectivity index (χ4v) is 2.47. The van der Waals surface area contributed by atoms with Gasteiger partial charge in [0.2, 0.25) is 0 Å². The molecule has 3 rings (SSSR count). The number of anilines is 1. The van der Waals surface area contributed by atoms with Crippen molar-refractivity contribution in [1.82, 2.24) is 9.38 Å². The molecule has 0 amide bonds. The van der Waals surface area contributed by atoms with Crippen molar-refractivity contribution in [3.63, 3.8) is 0 Å². The van der Waals surface area contributed by atoms with Gasteiger partial charge in [-0.3, -0.25) is 0 Å². The summed E-state index contributed by atoms with van der Waals surface area (Å²) in [6.07, 6.45) is 3.38. The van der Waals surface area contributed by atoms with Crippen molar-refractivity contribution < 1.29 is 10.0 Å². The smallest absolute Gasteiger partial charge is 0.422 e. The predicted molar refractivity (Wildman–Crippen MR) is 83.6 cm³/mol. The molecule has 0 bridgehead atoms. The largest absolute Gasteiger partial charge is 0.506 e. The molecular formula is C15H16BN3O2. The van der Waals surface area contributed by atoms with Gasteiger partial charge in [0, 0.05) is 26.0 Å². The van der Waals surface area contributed by atoms with E-state index >= 15 is 0 Å². The zero-order valence-electron chi connectivity index (χ0n) is 11.7. The lowest BCUT2D eigenvalue weighted by molar-refractivity contribution is 0.423. The monoisotopic (exact) mass is 281 g/mol. The number of aromatic nitrogens is 2. The Morgan fingerprint density at radius 1 is 1.14 bits per heavy atom. The van der Waals surface area contributed by atoms with Crippen LogP contribution in [0.4, 0.5) is 5.69 Å². The number of imidazole rings is 1. The number of nitrogens with zero attached hydrogens (tertiary/aromatic N) is 3. The Kier molecular flexibility index (Phi) is 3.64. The van der Waals surface area contributed by atoms with Crippen LogP contribution in [0, 0.1) is 0 Å². The summed E-state index contributed by atoms with van der Waals surface area (Å²) < 4.78 is 1.70. The van der Waals surface area contributed by atoms with Crippen LogP contribution < -0.4 is 10.5 Å². The first kappa shape index (κ1) is 13.7. The maximum Gasteiger partial charge on any atom is 0.506 e. The summed E-state index contributed by atoms with van der Waals surface area (Å²) in [5.74, 6) is 0. The van der Waals surface area contributed by atoms with Crippen molar-refractivity contribution in [1.29, 1.82) is 0 Å². The van der Waals surface area contributed by atoms with Crippen molar-refractivity contribution in [3.8, 4) is 0 Å². The van der Waals surface area contributed by atoms with Gasteiger partial charge < -0.3 is 19.3 Å². The van der Waals surface area contributed by atoms with Gasteiger partial charge >= 0.3 is 7.12 Å². The van der Waals surface area contributed by atoms with Crippen LogP contribution in [0.1, 0.15) is 5.56 Å². The maximum absolute atomic E-state index is 9.40. The highest BCUT2D eigenvalue weighted by atomic mass is 16.4. The van der Waals surface area contributed by atoms with Crippen molar-refractivity contribution in [2.45, 2.75) is 6.54 Å². The van der Waals surface area contributed by atoms with Crippen molar-refractivity contribution in [2.24, 2.45) is 0 Å². The van der Waals surface area contributed by atoms with Crippen LogP contribution in [0.25, 0.3) is 5.65 Å². The molecule has 1 aromatic carbocycles. The molecule has 0 spiro atoms. The van der Waals surface area contributed by atoms with Gasteiger partial charge in [-0.05, 0) is 17.7 Å². The highest BCUT2D eigenvalue weighted by molar-refractivity contribution is 6.57. The summed E-state index contributed by atoms with van der Waals surface area (Å²) in [6.45, 7) is 0.754. The standard InChI is InChI=1S/C15H16BN3O2/c1-18(11-12-5-3-2-4-6-12)13-7-8-14(16(20)21)19-10-9-17-15(13)19/h2-10,20-21H,11H2,1H3. The highest BCUT2D eigenvalue weighted by Gasteiger charge is 2.18. The van der Waals surface area contributed by atoms with Crippen LogP contribution in [-0.2, 0) is 6.54 Å². The van der Waals surface area contributed by atoms with Crippen molar-refractivity contribution in [2.75, 3.05) is 11.9 Å². The molecule has 0 radical (unpaired) electrons. The number of hydrogen-bond acceptors (Lipinski definition) is 4. The predicted octanol–water partition coefficient (Wildman–Crippen LogP) is 0.650. The lowest BCUT2D eigenvalue weighted by Crippen LogP contribution is -2.35. The second-order valence-corrected chi connectivity index (χ2v) is 4.98. The van der Waals surface area contributed by atoms with E-state index in [-0.39, 0.29) is 0 Å². The first-order valence-corrected chi connectivity index (χ1v) is 6.74. The normalized spacial score (nSPS) is 10.8. The van der Waals surface area contributed by atoms with E-state index in [1.165, 1.54) is 5.56 Å². The molecule has 5 nitrogen and oxygen atoms in total. The molecule has 0 unspecified atom stereocenters. The molecule has 6 heteroatoms. The Hall–Kier alpha value is -2.31. The summed E-state index contributed by atoms with van der Waals surface area (Å²) in [7, 11) is 0.474. The Bertz CT molecular complexity index is 743. The summed E-state index contributed by atoms with van der Waals surface area (Å²) in [5, 5.41) is 18.8. The Morgan fingerprint density at radius 3 is 2.62 bits per heavy atom. The van der Waals surface area contributed by atoms with E-state index in [1.54, 1.807) is 22.9 Å². The van der Waals surface area contributed by atoms with Gasteiger partial charge in [0.25, 0.3) is 0 Å². The van der Waals surface area contributed by atoms with Gasteiger partial charge in [-0.2, -0.15) is 0 Å². The number of fused-ring (bicyclic) bond motifs is 1. The van der Waals surface area contributed by atoms with Gasteiger partial charge in [-0.1, -0.05) is 30.3 Å². The minimum Gasteiger partial charge on any atom is -0.422 e. The molecule has 2 N–H and O–H groups in total. The minimum atomic E-state index is -1.52. The molecule has 0 aliphatic rings. The minimum absolute atomic E-state index is 0.402.